The fraction of sp³-hybridized carbons (Fsp3) is 0.338. The molecule has 6 aromatic heterocycles. The molecule has 3 aliphatic rings. The fourth-order valence-electron chi connectivity index (χ4n) is 11.1. The van der Waals surface area contributed by atoms with Gasteiger partial charge in [0.05, 0.1) is 22.8 Å². The van der Waals surface area contributed by atoms with Gasteiger partial charge >= 0.3 is 10.2 Å². The van der Waals surface area contributed by atoms with Crippen LogP contribution < -0.4 is 10.5 Å². The van der Waals surface area contributed by atoms with Crippen LogP contribution in [0.2, 0.25) is 0 Å². The number of nitrogens with one attached hydrogen (secondary N) is 1. The van der Waals surface area contributed by atoms with Crippen LogP contribution in [0.25, 0.3) is 65.1 Å². The van der Waals surface area contributed by atoms with Gasteiger partial charge in [0.1, 0.15) is 17.1 Å². The molecule has 0 spiro atoms. The van der Waals surface area contributed by atoms with Gasteiger partial charge in [0.15, 0.2) is 0 Å². The van der Waals surface area contributed by atoms with Crippen molar-refractivity contribution in [2.45, 2.75) is 118 Å². The molecule has 19 heteroatoms. The molecule has 9 heterocycles. The molecule has 87 heavy (non-hydrogen) atoms. The number of amides is 3. The zero-order chi connectivity index (χ0) is 62.8. The number of thiophene rings is 3. The summed E-state index contributed by atoms with van der Waals surface area (Å²) in [6, 6.07) is 36.8. The van der Waals surface area contributed by atoms with Gasteiger partial charge in [-0.25, -0.2) is 0 Å². The zero-order valence-corrected chi connectivity index (χ0v) is 57.0. The average molecular weight is 1310 g/mol. The van der Waals surface area contributed by atoms with Crippen molar-refractivity contribution in [3.63, 3.8) is 0 Å². The second kappa shape index (κ2) is 24.2. The third-order valence-corrected chi connectivity index (χ3v) is 21.5. The number of nitrogens with zero attached hydrogens (tertiary/aromatic N) is 7. The Balaban J connectivity index is 0.000000145. The highest BCUT2D eigenvalue weighted by Crippen LogP contribution is 2.46. The van der Waals surface area contributed by atoms with Gasteiger partial charge in [-0.2, -0.15) is 12.7 Å². The summed E-state index contributed by atoms with van der Waals surface area (Å²) >= 11 is 8.66. The van der Waals surface area contributed by atoms with E-state index in [4.69, 9.17) is 5.73 Å². The zero-order valence-electron chi connectivity index (χ0n) is 52.1. The number of fused-ring (bicyclic) bond motifs is 9. The molecule has 0 aliphatic carbocycles. The van der Waals surface area contributed by atoms with Crippen LogP contribution in [0.3, 0.4) is 0 Å². The summed E-state index contributed by atoms with van der Waals surface area (Å²) in [6.45, 7) is 20.7. The number of nitrogens with two attached hydrogens (primary N) is 1. The molecule has 12 rings (SSSR count). The van der Waals surface area contributed by atoms with Crippen LogP contribution in [-0.4, -0.2) is 111 Å². The summed E-state index contributed by atoms with van der Waals surface area (Å²) in [5, 5.41) is 6.19. The SMILES string of the molecule is CN(C(=O)c1cc(-c2cccs2)c2n1CCc1ccc(Br)cc1-2)C(C)(C)C.CN(C(=O)c1cc(-c2cccs2)c2n1CCc1ccc(N)cc1-2)C(C)(C)C.CN(C(=O)c1cc(-c2cccs2)c2n1CCc1ccc(NS(=O)(=O)N(C)C)cc1-2)C(C)(C)C. The van der Waals surface area contributed by atoms with Crippen LogP contribution in [0.1, 0.15) is 110 Å². The number of aromatic nitrogens is 3. The van der Waals surface area contributed by atoms with Crippen molar-refractivity contribution in [2.75, 3.05) is 45.7 Å². The quantitative estimate of drug-likeness (QED) is 0.137. The van der Waals surface area contributed by atoms with Crippen LogP contribution in [0.15, 0.2) is 130 Å². The minimum absolute atomic E-state index is 0.0283. The normalized spacial score (nSPS) is 13.3. The fourth-order valence-corrected chi connectivity index (χ4v) is 14.3. The van der Waals surface area contributed by atoms with E-state index in [0.29, 0.717) is 17.9 Å². The van der Waals surface area contributed by atoms with Crippen molar-refractivity contribution in [2.24, 2.45) is 0 Å². The maximum absolute atomic E-state index is 13.5. The number of hydrogen-bond donors (Lipinski definition) is 2. The Morgan fingerprint density at radius 1 is 0.483 bits per heavy atom. The number of nitrogen functional groups attached to an aromatic ring is 1. The molecule has 3 aromatic carbocycles. The van der Waals surface area contributed by atoms with E-state index in [1.54, 1.807) is 45.0 Å². The van der Waals surface area contributed by atoms with Gasteiger partial charge in [-0.1, -0.05) is 52.3 Å². The summed E-state index contributed by atoms with van der Waals surface area (Å²) in [4.78, 5) is 49.0. The van der Waals surface area contributed by atoms with E-state index in [-0.39, 0.29) is 34.3 Å². The molecule has 0 fully saturated rings. The topological polar surface area (TPSA) is 151 Å². The standard InChI is InChI=1S/C24H30N4O3S2.C22H23BrN2OS.C22H25N3OS/c1-24(2,3)27(6)23(29)20-15-19(21-8-7-13-32-21)22-18-14-17(25-33(30,31)26(4)5)10-9-16(18)11-12-28(20)22;2*1-22(2,3)24(4)21(26)18-13-17(19-6-5-11-27-19)20-16-12-15(23)8-7-14(16)9-10-25(18)20/h7-10,13-15,25H,11-12H2,1-6H3;5-8,11-13H,9-10H2,1-4H3;5-8,11-13H,9-10,23H2,1-4H3. The van der Waals surface area contributed by atoms with Crippen LogP contribution in [0, 0.1) is 0 Å². The second-order valence-electron chi connectivity index (χ2n) is 25.6. The van der Waals surface area contributed by atoms with Crippen LogP contribution in [-0.2, 0) is 49.1 Å². The molecular weight excluding hydrogens is 1230 g/mol. The van der Waals surface area contributed by atoms with Crippen molar-refractivity contribution in [1.29, 1.82) is 0 Å². The molecule has 9 aromatic rings. The van der Waals surface area contributed by atoms with Gasteiger partial charge in [0, 0.05) is 130 Å². The predicted molar refractivity (Wildman–Crippen MR) is 365 cm³/mol. The summed E-state index contributed by atoms with van der Waals surface area (Å²) < 4.78 is 36.1. The number of carbonyl (C=O) groups excluding carboxylic acids is 3. The third-order valence-electron chi connectivity index (χ3n) is 16.9. The molecule has 3 N–H and O–H groups in total. The van der Waals surface area contributed by atoms with Crippen molar-refractivity contribution < 1.29 is 22.8 Å². The summed E-state index contributed by atoms with van der Waals surface area (Å²) in [5.41, 5.74) is 22.3. The van der Waals surface area contributed by atoms with Gasteiger partial charge in [-0.05, 0) is 187 Å². The van der Waals surface area contributed by atoms with Gasteiger partial charge in [0.2, 0.25) is 0 Å². The Morgan fingerprint density at radius 2 is 0.828 bits per heavy atom. The van der Waals surface area contributed by atoms with Crippen LogP contribution in [0.4, 0.5) is 11.4 Å². The number of rotatable bonds is 9. The van der Waals surface area contributed by atoms with Gasteiger partial charge in [-0.15, -0.1) is 34.0 Å². The largest absolute Gasteiger partial charge is 0.399 e. The van der Waals surface area contributed by atoms with E-state index in [1.165, 1.54) is 40.5 Å². The minimum Gasteiger partial charge on any atom is -0.399 e. The smallest absolute Gasteiger partial charge is 0.301 e. The number of aryl methyl sites for hydroxylation is 3. The second-order valence-corrected chi connectivity index (χ2v) is 31.2. The first-order chi connectivity index (χ1) is 40.9. The molecule has 0 atom stereocenters. The Kier molecular flexibility index (Phi) is 17.5. The molecule has 0 saturated heterocycles. The first-order valence-electron chi connectivity index (χ1n) is 29.1. The van der Waals surface area contributed by atoms with Gasteiger partial charge in [-0.3, -0.25) is 19.1 Å². The minimum atomic E-state index is -3.63. The Bertz CT molecular complexity index is 4000. The molecule has 3 amide bonds. The van der Waals surface area contributed by atoms with Crippen molar-refractivity contribution in [3.05, 3.63) is 164 Å². The number of hydrogen-bond acceptors (Lipinski definition) is 9. The van der Waals surface area contributed by atoms with E-state index in [2.05, 4.69) is 153 Å². The number of halogens is 1. The van der Waals surface area contributed by atoms with Crippen LogP contribution in [0.5, 0.6) is 0 Å². The lowest BCUT2D eigenvalue weighted by atomic mass is 9.95. The summed E-state index contributed by atoms with van der Waals surface area (Å²) in [7, 11) is 4.95. The molecule has 0 radical (unpaired) electrons. The molecule has 456 valence electrons. The lowest BCUT2D eigenvalue weighted by molar-refractivity contribution is 0.0635. The summed E-state index contributed by atoms with van der Waals surface area (Å²) in [5.74, 6) is 0.100. The third kappa shape index (κ3) is 12.6. The number of benzene rings is 3. The maximum Gasteiger partial charge on any atom is 0.301 e. The first kappa shape index (κ1) is 63.0. The van der Waals surface area contributed by atoms with E-state index in [1.807, 2.05) is 93.5 Å². The maximum atomic E-state index is 13.5. The van der Waals surface area contributed by atoms with Crippen LogP contribution >= 0.6 is 49.9 Å². The first-order valence-corrected chi connectivity index (χ1v) is 34.0. The molecule has 0 unspecified atom stereocenters. The predicted octanol–water partition coefficient (Wildman–Crippen LogP) is 15.5. The Labute approximate surface area is 533 Å². The summed E-state index contributed by atoms with van der Waals surface area (Å²) in [6.07, 6.45) is 2.61. The molecule has 14 nitrogen and oxygen atoms in total. The lowest BCUT2D eigenvalue weighted by Gasteiger charge is -2.32. The highest BCUT2D eigenvalue weighted by Gasteiger charge is 2.35. The van der Waals surface area contributed by atoms with Gasteiger partial charge < -0.3 is 34.1 Å². The molecule has 0 saturated carbocycles. The molecule has 0 bridgehead atoms. The highest BCUT2D eigenvalue weighted by molar-refractivity contribution is 9.10. The Morgan fingerprint density at radius 3 is 1.17 bits per heavy atom. The van der Waals surface area contributed by atoms with E-state index in [0.717, 1.165) is 114 Å². The molecule has 3 aliphatic heterocycles. The average Bonchev–Trinajstić information content (AvgIpc) is 1.67. The van der Waals surface area contributed by atoms with E-state index >= 15 is 0 Å². The van der Waals surface area contributed by atoms with E-state index in [9.17, 15) is 22.8 Å². The molecular formula is C68H78BrN9O5S4. The van der Waals surface area contributed by atoms with E-state index < -0.39 is 10.2 Å². The lowest BCUT2D eigenvalue weighted by Crippen LogP contribution is -2.43. The number of anilines is 2. The van der Waals surface area contributed by atoms with Crippen molar-refractivity contribution >= 4 is 89.2 Å². The number of carbonyl (C=O) groups is 3. The highest BCUT2D eigenvalue weighted by atomic mass is 79.9. The monoisotopic (exact) mass is 1310 g/mol. The van der Waals surface area contributed by atoms with Crippen molar-refractivity contribution in [3.8, 4) is 65.1 Å². The Hall–Kier alpha value is -7.00. The van der Waals surface area contributed by atoms with Gasteiger partial charge in [0.25, 0.3) is 17.7 Å². The van der Waals surface area contributed by atoms with Crippen molar-refractivity contribution in [1.82, 2.24) is 32.7 Å².